The van der Waals surface area contributed by atoms with Crippen LogP contribution in [-0.2, 0) is 11.8 Å². The topological polar surface area (TPSA) is 91.4 Å². The van der Waals surface area contributed by atoms with Gasteiger partial charge >= 0.3 is 5.97 Å². The van der Waals surface area contributed by atoms with Crippen molar-refractivity contribution in [3.05, 3.63) is 62.9 Å². The molecule has 7 nitrogen and oxygen atoms in total. The van der Waals surface area contributed by atoms with Gasteiger partial charge in [-0.25, -0.2) is 4.79 Å². The van der Waals surface area contributed by atoms with Gasteiger partial charge in [0.2, 0.25) is 0 Å². The van der Waals surface area contributed by atoms with E-state index >= 15 is 0 Å². The maximum atomic E-state index is 11.9. The molecule has 0 aliphatic heterocycles. The SMILES string of the molecule is Cn1cc([N+](=O)[O-])cc1C(=O)OCC(=O)c1ccc(Cl)cc1. The minimum Gasteiger partial charge on any atom is -0.453 e. The molecule has 0 amide bonds. The number of benzene rings is 1. The minimum absolute atomic E-state index is 0.00407. The van der Waals surface area contributed by atoms with E-state index in [1.807, 2.05) is 0 Å². The highest BCUT2D eigenvalue weighted by Crippen LogP contribution is 2.16. The van der Waals surface area contributed by atoms with Crippen molar-refractivity contribution < 1.29 is 19.2 Å². The standard InChI is InChI=1S/C14H11ClN2O5/c1-16-7-11(17(20)21)6-12(16)14(19)22-8-13(18)9-2-4-10(15)5-3-9/h2-7H,8H2,1H3. The Labute approximate surface area is 130 Å². The normalized spacial score (nSPS) is 10.3. The molecule has 0 radical (unpaired) electrons. The zero-order valence-electron chi connectivity index (χ0n) is 11.5. The van der Waals surface area contributed by atoms with Gasteiger partial charge in [-0.2, -0.15) is 0 Å². The summed E-state index contributed by atoms with van der Waals surface area (Å²) in [4.78, 5) is 33.7. The number of Topliss-reactive ketones (excluding diaryl/α,β-unsaturated/α-hetero) is 1. The van der Waals surface area contributed by atoms with E-state index in [-0.39, 0.29) is 11.4 Å². The lowest BCUT2D eigenvalue weighted by atomic mass is 10.1. The zero-order chi connectivity index (χ0) is 16.3. The molecule has 0 fully saturated rings. The molecule has 0 aliphatic rings. The van der Waals surface area contributed by atoms with E-state index in [0.29, 0.717) is 10.6 Å². The summed E-state index contributed by atoms with van der Waals surface area (Å²) >= 11 is 5.71. The van der Waals surface area contributed by atoms with Crippen LogP contribution >= 0.6 is 11.6 Å². The largest absolute Gasteiger partial charge is 0.453 e. The van der Waals surface area contributed by atoms with E-state index < -0.39 is 23.3 Å². The molecule has 0 saturated carbocycles. The Kier molecular flexibility index (Phi) is 4.57. The second kappa shape index (κ2) is 6.40. The number of nitrogens with zero attached hydrogens (tertiary/aromatic N) is 2. The second-order valence-electron chi connectivity index (χ2n) is 4.46. The number of nitro groups is 1. The van der Waals surface area contributed by atoms with Crippen molar-refractivity contribution in [1.29, 1.82) is 0 Å². The number of hydrogen-bond acceptors (Lipinski definition) is 5. The van der Waals surface area contributed by atoms with Crippen molar-refractivity contribution in [2.24, 2.45) is 7.05 Å². The molecule has 114 valence electrons. The van der Waals surface area contributed by atoms with E-state index in [0.717, 1.165) is 6.07 Å². The average Bonchev–Trinajstić information content (AvgIpc) is 2.87. The second-order valence-corrected chi connectivity index (χ2v) is 4.89. The molecule has 0 bridgehead atoms. The minimum atomic E-state index is -0.807. The number of ether oxygens (including phenoxy) is 1. The van der Waals surface area contributed by atoms with E-state index in [4.69, 9.17) is 16.3 Å². The molecule has 1 heterocycles. The lowest BCUT2D eigenvalue weighted by Gasteiger charge is -2.05. The molecule has 22 heavy (non-hydrogen) atoms. The third kappa shape index (κ3) is 3.50. The first-order chi connectivity index (χ1) is 10.4. The van der Waals surface area contributed by atoms with Gasteiger partial charge in [0.1, 0.15) is 5.69 Å². The summed E-state index contributed by atoms with van der Waals surface area (Å²) in [6.45, 7) is -0.459. The molecule has 1 aromatic carbocycles. The molecule has 0 N–H and O–H groups in total. The van der Waals surface area contributed by atoms with Crippen molar-refractivity contribution >= 4 is 29.0 Å². The molecule has 1 aromatic heterocycles. The van der Waals surface area contributed by atoms with Crippen LogP contribution in [0.4, 0.5) is 5.69 Å². The van der Waals surface area contributed by atoms with Gasteiger partial charge in [0.15, 0.2) is 12.4 Å². The van der Waals surface area contributed by atoms with Gasteiger partial charge < -0.3 is 9.30 Å². The van der Waals surface area contributed by atoms with Gasteiger partial charge in [0, 0.05) is 23.7 Å². The van der Waals surface area contributed by atoms with Crippen LogP contribution in [0.5, 0.6) is 0 Å². The number of esters is 1. The van der Waals surface area contributed by atoms with Crippen LogP contribution in [0.25, 0.3) is 0 Å². The summed E-state index contributed by atoms with van der Waals surface area (Å²) in [5, 5.41) is 11.1. The fourth-order valence-electron chi connectivity index (χ4n) is 1.77. The third-order valence-corrected chi connectivity index (χ3v) is 3.16. The highest BCUT2D eigenvalue weighted by molar-refractivity contribution is 6.30. The molecule has 0 atom stereocenters. The molecular weight excluding hydrogens is 312 g/mol. The fraction of sp³-hybridized carbons (Fsp3) is 0.143. The van der Waals surface area contributed by atoms with Crippen LogP contribution in [0, 0.1) is 10.1 Å². The predicted molar refractivity (Wildman–Crippen MR) is 78.1 cm³/mol. The maximum absolute atomic E-state index is 11.9. The Hall–Kier alpha value is -2.67. The van der Waals surface area contributed by atoms with Crippen LogP contribution in [0.3, 0.4) is 0 Å². The number of halogens is 1. The quantitative estimate of drug-likeness (QED) is 0.365. The van der Waals surface area contributed by atoms with Gasteiger partial charge in [-0.3, -0.25) is 14.9 Å². The van der Waals surface area contributed by atoms with Crippen LogP contribution < -0.4 is 0 Å². The molecule has 0 spiro atoms. The summed E-state index contributed by atoms with van der Waals surface area (Å²) < 4.78 is 6.15. The van der Waals surface area contributed by atoms with Crippen molar-refractivity contribution in [3.63, 3.8) is 0 Å². The van der Waals surface area contributed by atoms with Gasteiger partial charge in [-0.1, -0.05) is 11.6 Å². The fourth-order valence-corrected chi connectivity index (χ4v) is 1.90. The van der Waals surface area contributed by atoms with E-state index in [2.05, 4.69) is 0 Å². The molecule has 2 aromatic rings. The Morgan fingerprint density at radius 2 is 1.95 bits per heavy atom. The van der Waals surface area contributed by atoms with Crippen molar-refractivity contribution in [3.8, 4) is 0 Å². The highest BCUT2D eigenvalue weighted by atomic mass is 35.5. The van der Waals surface area contributed by atoms with Crippen LogP contribution in [0.15, 0.2) is 36.5 Å². The lowest BCUT2D eigenvalue weighted by molar-refractivity contribution is -0.384. The number of hydrogen-bond donors (Lipinski definition) is 0. The average molecular weight is 323 g/mol. The monoisotopic (exact) mass is 322 g/mol. The molecular formula is C14H11ClN2O5. The summed E-state index contributed by atoms with van der Waals surface area (Å²) in [5.74, 6) is -1.20. The number of rotatable bonds is 5. The first kappa shape index (κ1) is 15.7. The van der Waals surface area contributed by atoms with E-state index in [1.165, 1.54) is 29.9 Å². The Morgan fingerprint density at radius 1 is 1.32 bits per heavy atom. The van der Waals surface area contributed by atoms with Crippen molar-refractivity contribution in [1.82, 2.24) is 4.57 Å². The smallest absolute Gasteiger partial charge is 0.355 e. The molecule has 0 saturated heterocycles. The maximum Gasteiger partial charge on any atom is 0.355 e. The first-order valence-corrected chi connectivity index (χ1v) is 6.53. The highest BCUT2D eigenvalue weighted by Gasteiger charge is 2.19. The molecule has 2 rings (SSSR count). The van der Waals surface area contributed by atoms with Crippen LogP contribution in [0.1, 0.15) is 20.8 Å². The van der Waals surface area contributed by atoms with Gasteiger partial charge in [-0.15, -0.1) is 0 Å². The summed E-state index contributed by atoms with van der Waals surface area (Å²) in [6.07, 6.45) is 1.19. The Bertz CT molecular complexity index is 736. The summed E-state index contributed by atoms with van der Waals surface area (Å²) in [7, 11) is 1.48. The molecule has 0 aliphatic carbocycles. The van der Waals surface area contributed by atoms with Gasteiger partial charge in [0.05, 0.1) is 11.1 Å². The molecule has 0 unspecified atom stereocenters. The number of carbonyl (C=O) groups is 2. The van der Waals surface area contributed by atoms with E-state index in [9.17, 15) is 19.7 Å². The number of aryl methyl sites for hydroxylation is 1. The van der Waals surface area contributed by atoms with Gasteiger partial charge in [-0.05, 0) is 24.3 Å². The Morgan fingerprint density at radius 3 is 2.50 bits per heavy atom. The third-order valence-electron chi connectivity index (χ3n) is 2.91. The van der Waals surface area contributed by atoms with Gasteiger partial charge in [0.25, 0.3) is 5.69 Å². The lowest BCUT2D eigenvalue weighted by Crippen LogP contribution is -2.16. The Balaban J connectivity index is 2.02. The van der Waals surface area contributed by atoms with Crippen LogP contribution in [-0.4, -0.2) is 27.8 Å². The van der Waals surface area contributed by atoms with Crippen molar-refractivity contribution in [2.75, 3.05) is 6.61 Å². The first-order valence-electron chi connectivity index (χ1n) is 6.15. The summed E-state index contributed by atoms with van der Waals surface area (Å²) in [5.41, 5.74) is 0.129. The summed E-state index contributed by atoms with van der Waals surface area (Å²) in [6, 6.07) is 7.24. The predicted octanol–water partition coefficient (Wildman–Crippen LogP) is 2.63. The molecule has 8 heteroatoms. The zero-order valence-corrected chi connectivity index (χ0v) is 12.2. The van der Waals surface area contributed by atoms with E-state index in [1.54, 1.807) is 12.1 Å². The van der Waals surface area contributed by atoms with Crippen molar-refractivity contribution in [2.45, 2.75) is 0 Å². The number of carbonyl (C=O) groups excluding carboxylic acids is 2. The number of ketones is 1. The number of aromatic nitrogens is 1. The van der Waals surface area contributed by atoms with Crippen LogP contribution in [0.2, 0.25) is 5.02 Å².